The van der Waals surface area contributed by atoms with Crippen LogP contribution in [0, 0.1) is 12.7 Å². The zero-order valence-corrected chi connectivity index (χ0v) is 22.3. The van der Waals surface area contributed by atoms with Crippen LogP contribution in [0.3, 0.4) is 0 Å². The number of hydrogen-bond donors (Lipinski definition) is 1. The minimum absolute atomic E-state index is 0.0893. The number of aromatic nitrogens is 4. The molecule has 11 heteroatoms. The zero-order valence-electron chi connectivity index (χ0n) is 21.5. The van der Waals surface area contributed by atoms with Crippen molar-refractivity contribution in [1.29, 1.82) is 0 Å². The number of alkyl carbamates (subject to hydrolysis) is 1. The molecule has 0 aliphatic carbocycles. The van der Waals surface area contributed by atoms with E-state index in [1.807, 2.05) is 25.4 Å². The number of halogens is 1. The molecule has 0 radical (unpaired) electrons. The summed E-state index contributed by atoms with van der Waals surface area (Å²) in [5.41, 5.74) is 3.10. The fraction of sp³-hybridized carbons (Fsp3) is 0.385. The third kappa shape index (κ3) is 6.23. The van der Waals surface area contributed by atoms with E-state index in [0.29, 0.717) is 11.3 Å². The van der Waals surface area contributed by atoms with E-state index in [1.54, 1.807) is 43.8 Å². The lowest BCUT2D eigenvalue weighted by molar-refractivity contribution is 0.0488. The normalized spacial score (nSPS) is 11.6. The second-order valence-corrected chi connectivity index (χ2v) is 10.3. The first-order valence-corrected chi connectivity index (χ1v) is 12.7. The minimum atomic E-state index is -0.562. The SMILES string of the molecule is Cc1cnn(C)c1-c1nnc(-c2cccc(F)c2OCCOCCNC(=O)OC(C)(C)C)c2sccc12. The fourth-order valence-electron chi connectivity index (χ4n) is 3.80. The standard InChI is InChI=1S/C26H30FN5O4S/c1-16-15-29-32(5)22(16)20-18-9-14-37-24(18)21(31-30-20)17-7-6-8-19(27)23(17)35-13-12-34-11-10-28-25(33)36-26(2,3)4/h6-9,14-15H,10-13H2,1-5H3,(H,28,33). The van der Waals surface area contributed by atoms with Crippen LogP contribution in [0.2, 0.25) is 0 Å². The van der Waals surface area contributed by atoms with Crippen molar-refractivity contribution in [3.63, 3.8) is 0 Å². The largest absolute Gasteiger partial charge is 0.487 e. The molecule has 0 fully saturated rings. The number of carbonyl (C=O) groups is 1. The molecule has 3 heterocycles. The molecule has 0 saturated carbocycles. The molecule has 4 rings (SSSR count). The first kappa shape index (κ1) is 26.5. The summed E-state index contributed by atoms with van der Waals surface area (Å²) in [6.07, 6.45) is 1.28. The molecule has 9 nitrogen and oxygen atoms in total. The zero-order chi connectivity index (χ0) is 26.6. The van der Waals surface area contributed by atoms with E-state index in [1.165, 1.54) is 17.4 Å². The lowest BCUT2D eigenvalue weighted by atomic mass is 10.1. The number of aryl methyl sites for hydroxylation is 2. The number of carbonyl (C=O) groups excluding carboxylic acids is 1. The Bertz CT molecular complexity index is 1380. The maximum atomic E-state index is 14.8. The molecule has 0 atom stereocenters. The van der Waals surface area contributed by atoms with E-state index in [-0.39, 0.29) is 32.1 Å². The third-order valence-corrected chi connectivity index (χ3v) is 6.26. The molecule has 4 aromatic rings. The number of benzene rings is 1. The van der Waals surface area contributed by atoms with Crippen LogP contribution < -0.4 is 10.1 Å². The van der Waals surface area contributed by atoms with Crippen LogP contribution in [0.25, 0.3) is 32.7 Å². The van der Waals surface area contributed by atoms with Gasteiger partial charge in [-0.3, -0.25) is 4.68 Å². The van der Waals surface area contributed by atoms with E-state index in [0.717, 1.165) is 27.0 Å². The highest BCUT2D eigenvalue weighted by Crippen LogP contribution is 2.40. The van der Waals surface area contributed by atoms with Crippen LogP contribution >= 0.6 is 11.3 Å². The van der Waals surface area contributed by atoms with E-state index in [4.69, 9.17) is 14.2 Å². The van der Waals surface area contributed by atoms with Crippen molar-refractivity contribution >= 4 is 27.5 Å². The Morgan fingerprint density at radius 3 is 2.65 bits per heavy atom. The van der Waals surface area contributed by atoms with E-state index in [2.05, 4.69) is 20.6 Å². The average Bonchev–Trinajstić information content (AvgIpc) is 3.44. The Balaban J connectivity index is 1.44. The van der Waals surface area contributed by atoms with Gasteiger partial charge in [0.25, 0.3) is 0 Å². The topological polar surface area (TPSA) is 100 Å². The Labute approximate surface area is 218 Å². The van der Waals surface area contributed by atoms with Crippen LogP contribution in [-0.4, -0.2) is 58.0 Å². The molecule has 0 aliphatic heterocycles. The van der Waals surface area contributed by atoms with Crippen molar-refractivity contribution in [2.24, 2.45) is 7.05 Å². The van der Waals surface area contributed by atoms with E-state index >= 15 is 0 Å². The fourth-order valence-corrected chi connectivity index (χ4v) is 4.70. The number of nitrogens with zero attached hydrogens (tertiary/aromatic N) is 4. The van der Waals surface area contributed by atoms with Crippen LogP contribution in [0.1, 0.15) is 26.3 Å². The lowest BCUT2D eigenvalue weighted by Gasteiger charge is -2.19. The van der Waals surface area contributed by atoms with Gasteiger partial charge in [0, 0.05) is 24.5 Å². The smallest absolute Gasteiger partial charge is 0.407 e. The van der Waals surface area contributed by atoms with Gasteiger partial charge in [0.15, 0.2) is 11.6 Å². The number of rotatable bonds is 9. The predicted molar refractivity (Wildman–Crippen MR) is 140 cm³/mol. The number of hydrogen-bond acceptors (Lipinski definition) is 8. The van der Waals surface area contributed by atoms with Gasteiger partial charge in [-0.2, -0.15) is 5.10 Å². The van der Waals surface area contributed by atoms with Crippen molar-refractivity contribution in [1.82, 2.24) is 25.3 Å². The molecule has 0 bridgehead atoms. The number of para-hydroxylation sites is 1. The van der Waals surface area contributed by atoms with Gasteiger partial charge in [0.05, 0.1) is 29.8 Å². The van der Waals surface area contributed by atoms with Gasteiger partial charge < -0.3 is 19.5 Å². The molecule has 0 unspecified atom stereocenters. The minimum Gasteiger partial charge on any atom is -0.487 e. The average molecular weight is 528 g/mol. The highest BCUT2D eigenvalue weighted by Gasteiger charge is 2.21. The number of ether oxygens (including phenoxy) is 3. The first-order valence-electron chi connectivity index (χ1n) is 11.8. The Morgan fingerprint density at radius 2 is 1.92 bits per heavy atom. The van der Waals surface area contributed by atoms with Crippen LogP contribution in [0.5, 0.6) is 5.75 Å². The van der Waals surface area contributed by atoms with E-state index in [9.17, 15) is 9.18 Å². The summed E-state index contributed by atoms with van der Waals surface area (Å²) in [5, 5.41) is 18.8. The predicted octanol–water partition coefficient (Wildman–Crippen LogP) is 5.13. The van der Waals surface area contributed by atoms with Crippen molar-refractivity contribution in [2.45, 2.75) is 33.3 Å². The van der Waals surface area contributed by atoms with Gasteiger partial charge in [-0.25, -0.2) is 9.18 Å². The Hall–Kier alpha value is -3.57. The van der Waals surface area contributed by atoms with Crippen LogP contribution in [0.15, 0.2) is 35.8 Å². The lowest BCUT2D eigenvalue weighted by Crippen LogP contribution is -2.34. The highest BCUT2D eigenvalue weighted by atomic mass is 32.1. The summed E-state index contributed by atoms with van der Waals surface area (Å²) in [7, 11) is 1.87. The molecule has 1 aromatic carbocycles. The molecule has 3 aromatic heterocycles. The van der Waals surface area contributed by atoms with Crippen molar-refractivity contribution in [3.05, 3.63) is 47.2 Å². The number of thiophene rings is 1. The Morgan fingerprint density at radius 1 is 1.14 bits per heavy atom. The summed E-state index contributed by atoms with van der Waals surface area (Å²) < 4.78 is 34.0. The van der Waals surface area contributed by atoms with Gasteiger partial charge in [-0.05, 0) is 56.8 Å². The molecule has 1 amide bonds. The molecule has 37 heavy (non-hydrogen) atoms. The van der Waals surface area contributed by atoms with Gasteiger partial charge in [-0.1, -0.05) is 6.07 Å². The van der Waals surface area contributed by atoms with Gasteiger partial charge >= 0.3 is 6.09 Å². The van der Waals surface area contributed by atoms with Crippen molar-refractivity contribution in [3.8, 4) is 28.4 Å². The molecule has 196 valence electrons. The third-order valence-electron chi connectivity index (χ3n) is 5.34. The van der Waals surface area contributed by atoms with Crippen molar-refractivity contribution < 1.29 is 23.4 Å². The molecule has 0 spiro atoms. The van der Waals surface area contributed by atoms with Crippen molar-refractivity contribution in [2.75, 3.05) is 26.4 Å². The summed E-state index contributed by atoms with van der Waals surface area (Å²) in [5.74, 6) is -0.409. The van der Waals surface area contributed by atoms with Crippen LogP contribution in [0.4, 0.5) is 9.18 Å². The highest BCUT2D eigenvalue weighted by molar-refractivity contribution is 7.17. The summed E-state index contributed by atoms with van der Waals surface area (Å²) in [4.78, 5) is 11.7. The summed E-state index contributed by atoms with van der Waals surface area (Å²) >= 11 is 1.51. The second kappa shape index (κ2) is 11.2. The number of nitrogens with one attached hydrogen (secondary N) is 1. The Kier molecular flexibility index (Phi) is 8.03. The monoisotopic (exact) mass is 527 g/mol. The molecule has 0 aliphatic rings. The van der Waals surface area contributed by atoms with Crippen LogP contribution in [-0.2, 0) is 16.5 Å². The maximum absolute atomic E-state index is 14.8. The van der Waals surface area contributed by atoms with Gasteiger partial charge in [-0.15, -0.1) is 21.5 Å². The number of fused-ring (bicyclic) bond motifs is 1. The van der Waals surface area contributed by atoms with Gasteiger partial charge in [0.2, 0.25) is 0 Å². The number of amides is 1. The molecule has 0 saturated heterocycles. The quantitative estimate of drug-likeness (QED) is 0.301. The van der Waals surface area contributed by atoms with E-state index < -0.39 is 17.5 Å². The maximum Gasteiger partial charge on any atom is 0.407 e. The van der Waals surface area contributed by atoms with Gasteiger partial charge in [0.1, 0.15) is 23.6 Å². The second-order valence-electron chi connectivity index (χ2n) is 9.37. The first-order chi connectivity index (χ1) is 17.7. The molecular weight excluding hydrogens is 497 g/mol. The summed E-state index contributed by atoms with van der Waals surface area (Å²) in [6, 6.07) is 6.72. The molecular formula is C26H30FN5O4S. The summed E-state index contributed by atoms with van der Waals surface area (Å²) in [6.45, 7) is 8.24. The molecule has 1 N–H and O–H groups in total.